The third kappa shape index (κ3) is 4.58. The van der Waals surface area contributed by atoms with Crippen LogP contribution in [0.25, 0.3) is 0 Å². The first-order chi connectivity index (χ1) is 6.52. The number of nitrogens with one attached hydrogen (secondary N) is 1. The number of nitrogens with two attached hydrogens (primary N) is 1. The van der Waals surface area contributed by atoms with E-state index < -0.39 is 6.04 Å². The molecule has 0 spiro atoms. The highest BCUT2D eigenvalue weighted by molar-refractivity contribution is 5.81. The Hall–Kier alpha value is -0.610. The van der Waals surface area contributed by atoms with Crippen LogP contribution in [0.2, 0.25) is 0 Å². The van der Waals surface area contributed by atoms with E-state index in [4.69, 9.17) is 10.8 Å². The zero-order valence-corrected chi connectivity index (χ0v) is 9.29. The zero-order valence-electron chi connectivity index (χ0n) is 9.29. The molecule has 4 N–H and O–H groups in total. The fourth-order valence-electron chi connectivity index (χ4n) is 1.12. The van der Waals surface area contributed by atoms with E-state index in [1.54, 1.807) is 0 Å². The van der Waals surface area contributed by atoms with E-state index in [0.29, 0.717) is 6.42 Å². The van der Waals surface area contributed by atoms with Crippen LogP contribution < -0.4 is 11.1 Å². The lowest BCUT2D eigenvalue weighted by atomic mass is 9.99. The van der Waals surface area contributed by atoms with Crippen LogP contribution in [-0.2, 0) is 4.79 Å². The number of hydrogen-bond donors (Lipinski definition) is 3. The Morgan fingerprint density at radius 1 is 1.50 bits per heavy atom. The van der Waals surface area contributed by atoms with Crippen molar-refractivity contribution in [2.45, 2.75) is 45.7 Å². The summed E-state index contributed by atoms with van der Waals surface area (Å²) in [5.41, 5.74) is 5.74. The molecule has 1 amide bonds. The van der Waals surface area contributed by atoms with Crippen molar-refractivity contribution in [1.82, 2.24) is 5.32 Å². The Labute approximate surface area is 85.9 Å². The molecule has 0 rings (SSSR count). The molecule has 3 atom stereocenters. The molecule has 0 bridgehead atoms. The monoisotopic (exact) mass is 202 g/mol. The number of carbonyl (C=O) groups is 1. The molecule has 0 aromatic heterocycles. The summed E-state index contributed by atoms with van der Waals surface area (Å²) in [6.45, 7) is 5.91. The quantitative estimate of drug-likeness (QED) is 0.578. The van der Waals surface area contributed by atoms with Crippen molar-refractivity contribution in [2.75, 3.05) is 6.61 Å². The molecular formula is C10H22N2O2. The first-order valence-corrected chi connectivity index (χ1v) is 5.19. The van der Waals surface area contributed by atoms with Crippen LogP contribution in [-0.4, -0.2) is 29.7 Å². The molecule has 0 heterocycles. The van der Waals surface area contributed by atoms with Crippen LogP contribution in [0.15, 0.2) is 0 Å². The predicted octanol–water partition coefficient (Wildman–Crippen LogP) is 0.247. The van der Waals surface area contributed by atoms with E-state index in [2.05, 4.69) is 5.32 Å². The van der Waals surface area contributed by atoms with E-state index in [1.807, 2.05) is 20.8 Å². The van der Waals surface area contributed by atoms with Gasteiger partial charge in [0.25, 0.3) is 0 Å². The van der Waals surface area contributed by atoms with Gasteiger partial charge in [0.15, 0.2) is 0 Å². The Morgan fingerprint density at radius 2 is 2.07 bits per heavy atom. The Balaban J connectivity index is 3.94. The van der Waals surface area contributed by atoms with Gasteiger partial charge in [-0.15, -0.1) is 0 Å². The molecule has 14 heavy (non-hydrogen) atoms. The van der Waals surface area contributed by atoms with Crippen molar-refractivity contribution in [3.63, 3.8) is 0 Å². The smallest absolute Gasteiger partial charge is 0.237 e. The molecule has 0 aromatic rings. The Morgan fingerprint density at radius 3 is 2.50 bits per heavy atom. The SMILES string of the molecule is CC[C@H](C)[C@H](N)C(=O)NC(C)CCO. The van der Waals surface area contributed by atoms with Crippen molar-refractivity contribution in [2.24, 2.45) is 11.7 Å². The maximum absolute atomic E-state index is 11.5. The fourth-order valence-corrected chi connectivity index (χ4v) is 1.12. The first-order valence-electron chi connectivity index (χ1n) is 5.19. The molecule has 4 nitrogen and oxygen atoms in total. The van der Waals surface area contributed by atoms with Crippen LogP contribution in [0.5, 0.6) is 0 Å². The van der Waals surface area contributed by atoms with Gasteiger partial charge in [0.2, 0.25) is 5.91 Å². The lowest BCUT2D eigenvalue weighted by Crippen LogP contribution is -2.47. The van der Waals surface area contributed by atoms with E-state index in [1.165, 1.54) is 0 Å². The lowest BCUT2D eigenvalue weighted by molar-refractivity contribution is -0.124. The molecular weight excluding hydrogens is 180 g/mol. The summed E-state index contributed by atoms with van der Waals surface area (Å²) in [7, 11) is 0. The van der Waals surface area contributed by atoms with Gasteiger partial charge in [-0.1, -0.05) is 20.3 Å². The van der Waals surface area contributed by atoms with E-state index in [0.717, 1.165) is 6.42 Å². The third-order valence-electron chi connectivity index (χ3n) is 2.51. The van der Waals surface area contributed by atoms with Gasteiger partial charge in [0.05, 0.1) is 6.04 Å². The highest BCUT2D eigenvalue weighted by atomic mass is 16.3. The van der Waals surface area contributed by atoms with Crippen LogP contribution in [0.4, 0.5) is 0 Å². The van der Waals surface area contributed by atoms with Crippen molar-refractivity contribution in [1.29, 1.82) is 0 Å². The van der Waals surface area contributed by atoms with Crippen molar-refractivity contribution >= 4 is 5.91 Å². The van der Waals surface area contributed by atoms with Crippen molar-refractivity contribution in [3.05, 3.63) is 0 Å². The van der Waals surface area contributed by atoms with Gasteiger partial charge in [-0.25, -0.2) is 0 Å². The number of hydrogen-bond acceptors (Lipinski definition) is 3. The maximum atomic E-state index is 11.5. The van der Waals surface area contributed by atoms with Gasteiger partial charge in [0, 0.05) is 12.6 Å². The van der Waals surface area contributed by atoms with Crippen LogP contribution >= 0.6 is 0 Å². The first kappa shape index (κ1) is 13.4. The highest BCUT2D eigenvalue weighted by Crippen LogP contribution is 2.05. The molecule has 1 unspecified atom stereocenters. The zero-order chi connectivity index (χ0) is 11.1. The molecule has 0 aliphatic heterocycles. The molecule has 0 aliphatic rings. The second-order valence-electron chi connectivity index (χ2n) is 3.83. The third-order valence-corrected chi connectivity index (χ3v) is 2.51. The summed E-state index contributed by atoms with van der Waals surface area (Å²) >= 11 is 0. The highest BCUT2D eigenvalue weighted by Gasteiger charge is 2.20. The van der Waals surface area contributed by atoms with Gasteiger partial charge in [-0.3, -0.25) is 4.79 Å². The molecule has 0 radical (unpaired) electrons. The molecule has 0 fully saturated rings. The molecule has 0 saturated carbocycles. The Bertz CT molecular complexity index is 174. The number of rotatable bonds is 6. The number of carbonyl (C=O) groups excluding carboxylic acids is 1. The number of amides is 1. The largest absolute Gasteiger partial charge is 0.396 e. The minimum Gasteiger partial charge on any atom is -0.396 e. The van der Waals surface area contributed by atoms with E-state index in [9.17, 15) is 4.79 Å². The minimum absolute atomic E-state index is 0.0115. The lowest BCUT2D eigenvalue weighted by Gasteiger charge is -2.20. The molecule has 0 aromatic carbocycles. The van der Waals surface area contributed by atoms with E-state index >= 15 is 0 Å². The second kappa shape index (κ2) is 6.79. The number of aliphatic hydroxyl groups excluding tert-OH is 1. The van der Waals surface area contributed by atoms with Crippen LogP contribution in [0.1, 0.15) is 33.6 Å². The Kier molecular flexibility index (Phi) is 6.49. The van der Waals surface area contributed by atoms with Gasteiger partial charge < -0.3 is 16.2 Å². The van der Waals surface area contributed by atoms with Crippen molar-refractivity contribution in [3.8, 4) is 0 Å². The summed E-state index contributed by atoms with van der Waals surface area (Å²) in [5.74, 6) is 0.0663. The summed E-state index contributed by atoms with van der Waals surface area (Å²) in [6.07, 6.45) is 1.46. The fraction of sp³-hybridized carbons (Fsp3) is 0.900. The van der Waals surface area contributed by atoms with E-state index in [-0.39, 0.29) is 24.5 Å². The molecule has 0 saturated heterocycles. The average molecular weight is 202 g/mol. The predicted molar refractivity (Wildman–Crippen MR) is 56.7 cm³/mol. The minimum atomic E-state index is -0.443. The molecule has 84 valence electrons. The summed E-state index contributed by atoms with van der Waals surface area (Å²) in [4.78, 5) is 11.5. The van der Waals surface area contributed by atoms with Gasteiger partial charge in [-0.05, 0) is 19.3 Å². The average Bonchev–Trinajstić information content (AvgIpc) is 2.15. The topological polar surface area (TPSA) is 75.4 Å². The molecule has 0 aliphatic carbocycles. The van der Waals surface area contributed by atoms with Crippen molar-refractivity contribution < 1.29 is 9.90 Å². The maximum Gasteiger partial charge on any atom is 0.237 e. The summed E-state index contributed by atoms with van der Waals surface area (Å²) in [6, 6.07) is -0.455. The summed E-state index contributed by atoms with van der Waals surface area (Å²) in [5, 5.41) is 11.4. The van der Waals surface area contributed by atoms with Gasteiger partial charge >= 0.3 is 0 Å². The standard InChI is InChI=1S/C10H22N2O2/c1-4-7(2)9(11)10(14)12-8(3)5-6-13/h7-9,13H,4-6,11H2,1-3H3,(H,12,14)/t7-,8?,9-/m0/s1. The van der Waals surface area contributed by atoms with Gasteiger partial charge in [0.1, 0.15) is 0 Å². The summed E-state index contributed by atoms with van der Waals surface area (Å²) < 4.78 is 0. The van der Waals surface area contributed by atoms with Crippen LogP contribution in [0, 0.1) is 5.92 Å². The number of aliphatic hydroxyl groups is 1. The normalized spacial score (nSPS) is 17.2. The molecule has 4 heteroatoms. The van der Waals surface area contributed by atoms with Gasteiger partial charge in [-0.2, -0.15) is 0 Å². The second-order valence-corrected chi connectivity index (χ2v) is 3.83. The van der Waals surface area contributed by atoms with Crippen LogP contribution in [0.3, 0.4) is 0 Å².